The first kappa shape index (κ1) is 112. The van der Waals surface area contributed by atoms with Crippen LogP contribution < -0.4 is 68.0 Å². The summed E-state index contributed by atoms with van der Waals surface area (Å²) in [5, 5.41) is 240. The second-order valence-corrected chi connectivity index (χ2v) is 36.7. The summed E-state index contributed by atoms with van der Waals surface area (Å²) in [5.74, 6) is 0.814. The molecular formula is C74H138N12O44S2. The molecule has 10 heterocycles. The predicted octanol–water partition coefficient (Wildman–Crippen LogP) is -21.2. The van der Waals surface area contributed by atoms with Crippen molar-refractivity contribution < 1.29 is 217 Å². The summed E-state index contributed by atoms with van der Waals surface area (Å²) in [6.07, 6.45) is -59.4. The number of aliphatic hydroxyl groups excluding tert-OH is 22. The largest absolute Gasteiger partial charge is 0.394 e. The molecule has 0 bridgehead atoms. The van der Waals surface area contributed by atoms with Gasteiger partial charge in [-0.2, -0.15) is 0 Å². The van der Waals surface area contributed by atoms with Crippen LogP contribution in [0.25, 0.3) is 0 Å². The lowest BCUT2D eigenvalue weighted by Crippen LogP contribution is -2.66. The smallest absolute Gasteiger partial charge is 0.220 e. The van der Waals surface area contributed by atoms with E-state index in [4.69, 9.17) is 152 Å². The molecule has 770 valence electrons. The van der Waals surface area contributed by atoms with Crippen LogP contribution in [0.2, 0.25) is 0 Å². The SMILES string of the molecule is NC1[C@H](OCC2O[C@@H](OCC3O[C@@H](OCC4O[C@@H](OCC5O[C@@H](OCCCNC(=O)CCCSSCCCC(=O)NCCCO[C@@H]6OC(CO[C@@H]7OC(CO[C@@H]8OC(CO[C@@H]9OC(CO[C@@H]%10OC(CO)[C@@H](O)[C@H](O)C%10N)[C@@H](O)[C@H](O)C9N)[C@@H](O)[C@H](O)C8N)[C@@H](O)[C@H](O)C7N)[C@@H](O)[C@H](O)C6N)C(N)[C@@H](O)[C@@H]5O)C(N)[C@@H](O)[C@@H]4O)C(N)[C@@H](O)[C@@H]3O)C(N)[C@@H](O)[C@@H]2O)OC(CO)[C@@H](O)[C@@H]1O. The van der Waals surface area contributed by atoms with Crippen LogP contribution in [-0.2, 0) is 104 Å². The maximum Gasteiger partial charge on any atom is 0.220 e. The zero-order valence-electron chi connectivity index (χ0n) is 71.8. The minimum absolute atomic E-state index is 0.0180. The monoisotopic (exact) mass is 1960 g/mol. The van der Waals surface area contributed by atoms with Crippen molar-refractivity contribution in [3.05, 3.63) is 0 Å². The summed E-state index contributed by atoms with van der Waals surface area (Å²) in [4.78, 5) is 25.4. The van der Waals surface area contributed by atoms with E-state index in [1.54, 1.807) is 0 Å². The Labute approximate surface area is 764 Å². The van der Waals surface area contributed by atoms with Gasteiger partial charge in [0, 0.05) is 37.4 Å². The van der Waals surface area contributed by atoms with Crippen LogP contribution in [-0.4, -0.2) is 534 Å². The predicted molar refractivity (Wildman–Crippen MR) is 439 cm³/mol. The van der Waals surface area contributed by atoms with Crippen molar-refractivity contribution in [3.63, 3.8) is 0 Å². The molecule has 0 aromatic heterocycles. The molecule has 2 amide bonds. The Morgan fingerprint density at radius 3 is 0.545 bits per heavy atom. The standard InChI is InChI=1S/C74H138N12O44S2/c75-35-57(103)47(93)25(15-115-69-39(79)61(107)51(97)29(127-69)19-119-73-43(83)63(109)53(99)31(129-73)21-117-71-41(81)59(105)49(95)27(125-71)17-113-67-37(77)55(101)45(91)23(13-87)121-67)123-65(35)111-9-3-7-85-33(89)5-1-11-131-132-12-2-6-34(90)86-8-4-10-112-66-36(76)58(104)48(94)26(124-66)16-116-70-40(80)62(108)52(98)30(128-70)20-120-74-44(84)64(110)54(100)32(130-74)22-118-72-42(82)60(106)50(96)28(126-72)18-114-68-38(78)56(102)46(92)24(14-88)122-68/h23-32,35-74,87-88,91-110H,1-22,75-84H2,(H,85,89)(H,86,90)/t23?,24?,25?,26?,27?,28?,29?,30?,31?,32?,35?,36?,37?,38?,39?,40?,41?,42?,43?,44?,45-,46-,47-,48-,49-,50-,51-,52-,53-,54-,55-,56-,57-,58-,59-,60-,61-,62-,63-,64-,65-,66-,67-,68-,69-,70-,71-,72-,73-,74-/m1/s1. The molecule has 0 radical (unpaired) electrons. The van der Waals surface area contributed by atoms with Crippen molar-refractivity contribution in [1.82, 2.24) is 10.6 Å². The molecule has 20 unspecified atom stereocenters. The number of amides is 2. The minimum atomic E-state index is -1.73. The van der Waals surface area contributed by atoms with E-state index in [1.807, 2.05) is 0 Å². The zero-order chi connectivity index (χ0) is 96.5. The van der Waals surface area contributed by atoms with E-state index < -0.39 is 373 Å². The third kappa shape index (κ3) is 28.3. The van der Waals surface area contributed by atoms with Crippen LogP contribution in [0.4, 0.5) is 0 Å². The molecule has 10 saturated heterocycles. The fourth-order valence-electron chi connectivity index (χ4n) is 15.8. The first-order valence-electron chi connectivity index (χ1n) is 43.6. The molecule has 56 nitrogen and oxygen atoms in total. The molecule has 0 aromatic carbocycles. The van der Waals surface area contributed by atoms with Crippen LogP contribution in [0.15, 0.2) is 0 Å². The van der Waals surface area contributed by atoms with Gasteiger partial charge in [0.15, 0.2) is 62.9 Å². The molecule has 44 N–H and O–H groups in total. The van der Waals surface area contributed by atoms with Crippen LogP contribution in [0.1, 0.15) is 38.5 Å². The van der Waals surface area contributed by atoms with Gasteiger partial charge in [-0.3, -0.25) is 9.59 Å². The molecule has 10 fully saturated rings. The van der Waals surface area contributed by atoms with Gasteiger partial charge < -0.3 is 275 Å². The van der Waals surface area contributed by atoms with Crippen molar-refractivity contribution in [3.8, 4) is 0 Å². The summed E-state index contributed by atoms with van der Waals surface area (Å²) < 4.78 is 115. The number of carbonyl (C=O) groups is 2. The van der Waals surface area contributed by atoms with Crippen LogP contribution >= 0.6 is 21.6 Å². The van der Waals surface area contributed by atoms with Gasteiger partial charge >= 0.3 is 0 Å². The molecule has 0 saturated carbocycles. The van der Waals surface area contributed by atoms with E-state index >= 15 is 0 Å². The first-order valence-corrected chi connectivity index (χ1v) is 46.1. The maximum atomic E-state index is 12.7. The highest BCUT2D eigenvalue weighted by Crippen LogP contribution is 2.35. The maximum absolute atomic E-state index is 12.7. The Hall–Kier alpha value is -2.44. The average Bonchev–Trinajstić information content (AvgIpc) is 0.801. The molecule has 10 aliphatic rings. The second-order valence-electron chi connectivity index (χ2n) is 34.0. The van der Waals surface area contributed by atoms with E-state index in [0.29, 0.717) is 24.3 Å². The Morgan fingerprint density at radius 1 is 0.227 bits per heavy atom. The second kappa shape index (κ2) is 52.5. The number of carbonyl (C=O) groups excluding carboxylic acids is 2. The highest BCUT2D eigenvalue weighted by Gasteiger charge is 2.56. The summed E-state index contributed by atoms with van der Waals surface area (Å²) in [6.45, 7) is -5.67. The summed E-state index contributed by atoms with van der Waals surface area (Å²) in [5.41, 5.74) is 61.3. The van der Waals surface area contributed by atoms with Crippen LogP contribution in [0.5, 0.6) is 0 Å². The zero-order valence-corrected chi connectivity index (χ0v) is 73.5. The third-order valence-corrected chi connectivity index (χ3v) is 27.0. The fourth-order valence-corrected chi connectivity index (χ4v) is 18.0. The molecule has 58 heteroatoms. The highest BCUT2D eigenvalue weighted by atomic mass is 33.1. The molecule has 0 aliphatic carbocycles. The van der Waals surface area contributed by atoms with Gasteiger partial charge in [0.25, 0.3) is 0 Å². The van der Waals surface area contributed by atoms with E-state index in [9.17, 15) is 122 Å². The summed E-state index contributed by atoms with van der Waals surface area (Å²) >= 11 is 0. The van der Waals surface area contributed by atoms with Gasteiger partial charge in [-0.15, -0.1) is 0 Å². The molecule has 0 spiro atoms. The minimum Gasteiger partial charge on any atom is -0.394 e. The lowest BCUT2D eigenvalue weighted by atomic mass is 9.96. The summed E-state index contributed by atoms with van der Waals surface area (Å²) in [6, 6.07) is -13.6. The van der Waals surface area contributed by atoms with Gasteiger partial charge in [-0.25, -0.2) is 0 Å². The number of hydrogen-bond acceptors (Lipinski definition) is 56. The third-order valence-electron chi connectivity index (χ3n) is 24.4. The van der Waals surface area contributed by atoms with E-state index in [2.05, 4.69) is 10.6 Å². The van der Waals surface area contributed by atoms with Gasteiger partial charge in [-0.1, -0.05) is 21.6 Å². The molecular weight excluding hydrogens is 1820 g/mol. The number of nitrogens with two attached hydrogens (primary N) is 10. The van der Waals surface area contributed by atoms with Gasteiger partial charge in [-0.05, 0) is 25.7 Å². The van der Waals surface area contributed by atoms with Crippen molar-refractivity contribution in [2.24, 2.45) is 57.3 Å². The Morgan fingerprint density at radius 2 is 0.379 bits per heavy atom. The number of hydrogen-bond donors (Lipinski definition) is 34. The topological polar surface area (TPSA) is 948 Å². The van der Waals surface area contributed by atoms with Gasteiger partial charge in [0.1, 0.15) is 183 Å². The Bertz CT molecular complexity index is 3170. The van der Waals surface area contributed by atoms with Gasteiger partial charge in [0.2, 0.25) is 11.8 Å². The molecule has 10 aliphatic heterocycles. The lowest BCUT2D eigenvalue weighted by Gasteiger charge is -2.45. The van der Waals surface area contributed by atoms with Crippen molar-refractivity contribution in [1.29, 1.82) is 0 Å². The molecule has 132 heavy (non-hydrogen) atoms. The summed E-state index contributed by atoms with van der Waals surface area (Å²) in [7, 11) is 3.07. The number of rotatable bonds is 45. The number of ether oxygens (including phenoxy) is 20. The van der Waals surface area contributed by atoms with E-state index in [0.717, 1.165) is 0 Å². The highest BCUT2D eigenvalue weighted by molar-refractivity contribution is 8.76. The number of nitrogens with one attached hydrogen (secondary N) is 2. The first-order chi connectivity index (χ1) is 62.7. The average molecular weight is 1960 g/mol. The number of aliphatic hydroxyl groups is 22. The van der Waals surface area contributed by atoms with Crippen molar-refractivity contribution in [2.45, 2.75) is 345 Å². The fraction of sp³-hybridized carbons (Fsp3) is 0.973. The lowest BCUT2D eigenvalue weighted by molar-refractivity contribution is -0.321. The molecule has 0 aromatic rings. The molecule has 50 atom stereocenters. The van der Waals surface area contributed by atoms with Crippen LogP contribution in [0, 0.1) is 0 Å². The normalized spacial score (nSPS) is 47.0. The van der Waals surface area contributed by atoms with E-state index in [1.165, 1.54) is 21.6 Å². The molecule has 10 rings (SSSR count). The quantitative estimate of drug-likeness (QED) is 0.0199. The Balaban J connectivity index is 0.552. The van der Waals surface area contributed by atoms with Crippen LogP contribution in [0.3, 0.4) is 0 Å². The van der Waals surface area contributed by atoms with Gasteiger partial charge in [0.05, 0.1) is 140 Å². The van der Waals surface area contributed by atoms with Crippen molar-refractivity contribution >= 4 is 33.4 Å². The van der Waals surface area contributed by atoms with Crippen molar-refractivity contribution in [2.75, 3.05) is 104 Å². The van der Waals surface area contributed by atoms with E-state index in [-0.39, 0.29) is 63.8 Å². The Kier molecular flexibility index (Phi) is 44.4.